The van der Waals surface area contributed by atoms with Crippen molar-refractivity contribution in [1.29, 1.82) is 0 Å². The summed E-state index contributed by atoms with van der Waals surface area (Å²) in [6, 6.07) is 23.4. The Morgan fingerprint density at radius 1 is 0.789 bits per heavy atom. The highest BCUT2D eigenvalue weighted by molar-refractivity contribution is 5.98. The van der Waals surface area contributed by atoms with Crippen molar-refractivity contribution in [3.63, 3.8) is 0 Å². The molecular formula is C31H30FN3O3. The molecule has 1 saturated heterocycles. The van der Waals surface area contributed by atoms with E-state index < -0.39 is 0 Å². The molecule has 2 heterocycles. The highest BCUT2D eigenvalue weighted by Gasteiger charge is 2.29. The molecule has 0 unspecified atom stereocenters. The number of halogens is 1. The van der Waals surface area contributed by atoms with Crippen molar-refractivity contribution in [3.8, 4) is 22.7 Å². The summed E-state index contributed by atoms with van der Waals surface area (Å²) in [5.41, 5.74) is 4.78. The highest BCUT2D eigenvalue weighted by atomic mass is 19.1. The van der Waals surface area contributed by atoms with E-state index in [1.807, 2.05) is 68.4 Å². The van der Waals surface area contributed by atoms with E-state index in [0.29, 0.717) is 60.1 Å². The first-order chi connectivity index (χ1) is 18.4. The van der Waals surface area contributed by atoms with Gasteiger partial charge < -0.3 is 19.1 Å². The minimum atomic E-state index is -0.377. The van der Waals surface area contributed by atoms with E-state index >= 15 is 0 Å². The van der Waals surface area contributed by atoms with E-state index in [2.05, 4.69) is 0 Å². The molecular weight excluding hydrogens is 481 g/mol. The first kappa shape index (κ1) is 25.3. The lowest BCUT2D eigenvalue weighted by molar-refractivity contribution is 0.0535. The average molecular weight is 512 g/mol. The van der Waals surface area contributed by atoms with Gasteiger partial charge in [-0.3, -0.25) is 9.59 Å². The number of methoxy groups -OCH3 is 1. The normalized spacial score (nSPS) is 13.5. The zero-order valence-corrected chi connectivity index (χ0v) is 21.8. The van der Waals surface area contributed by atoms with Crippen molar-refractivity contribution in [3.05, 3.63) is 107 Å². The number of aryl methyl sites for hydroxylation is 1. The molecule has 6 nitrogen and oxygen atoms in total. The van der Waals surface area contributed by atoms with Gasteiger partial charge in [0.25, 0.3) is 11.8 Å². The van der Waals surface area contributed by atoms with Crippen molar-refractivity contribution in [1.82, 2.24) is 14.4 Å². The van der Waals surface area contributed by atoms with Gasteiger partial charge in [0.2, 0.25) is 0 Å². The van der Waals surface area contributed by atoms with Crippen LogP contribution in [0.2, 0.25) is 0 Å². The molecule has 0 spiro atoms. The Kier molecular flexibility index (Phi) is 7.01. The number of para-hydroxylation sites is 1. The summed E-state index contributed by atoms with van der Waals surface area (Å²) in [6.45, 7) is 5.58. The van der Waals surface area contributed by atoms with E-state index in [-0.39, 0.29) is 17.6 Å². The number of benzene rings is 3. The van der Waals surface area contributed by atoms with Crippen LogP contribution in [0.1, 0.15) is 32.0 Å². The maximum Gasteiger partial charge on any atom is 0.255 e. The smallest absolute Gasteiger partial charge is 0.255 e. The van der Waals surface area contributed by atoms with Crippen LogP contribution in [0.25, 0.3) is 16.9 Å². The van der Waals surface area contributed by atoms with E-state index in [4.69, 9.17) is 4.74 Å². The minimum absolute atomic E-state index is 0.0284. The monoisotopic (exact) mass is 511 g/mol. The fraction of sp³-hybridized carbons (Fsp3) is 0.226. The molecule has 0 N–H and O–H groups in total. The molecule has 1 fully saturated rings. The van der Waals surface area contributed by atoms with Crippen LogP contribution >= 0.6 is 0 Å². The van der Waals surface area contributed by atoms with E-state index in [1.54, 1.807) is 39.7 Å². The second-order valence-corrected chi connectivity index (χ2v) is 9.50. The first-order valence-electron chi connectivity index (χ1n) is 12.6. The Morgan fingerprint density at radius 2 is 1.45 bits per heavy atom. The van der Waals surface area contributed by atoms with Crippen molar-refractivity contribution in [2.45, 2.75) is 13.8 Å². The number of amides is 2. The van der Waals surface area contributed by atoms with Crippen molar-refractivity contribution < 1.29 is 18.7 Å². The van der Waals surface area contributed by atoms with E-state index in [0.717, 1.165) is 11.1 Å². The van der Waals surface area contributed by atoms with Crippen LogP contribution in [-0.2, 0) is 0 Å². The average Bonchev–Trinajstić information content (AvgIpc) is 3.29. The molecule has 5 rings (SSSR count). The molecule has 3 aromatic carbocycles. The van der Waals surface area contributed by atoms with Crippen molar-refractivity contribution >= 4 is 11.8 Å². The SMILES string of the molecule is COc1cccc(-c2cc(C(=O)N3CCN(C(=O)c4ccc(C)cc4)CC3)c(C)n2-c2ccccc2F)c1. The molecule has 0 saturated carbocycles. The fourth-order valence-corrected chi connectivity index (χ4v) is 4.92. The van der Waals surface area contributed by atoms with Gasteiger partial charge in [-0.05, 0) is 56.3 Å². The summed E-state index contributed by atoms with van der Waals surface area (Å²) < 4.78 is 22.2. The molecule has 2 amide bonds. The molecule has 0 radical (unpaired) electrons. The number of ether oxygens (including phenoxy) is 1. The van der Waals surface area contributed by atoms with E-state index in [1.165, 1.54) is 6.07 Å². The standard InChI is InChI=1S/C31H30FN3O3/c1-21-11-13-23(14-12-21)30(36)33-15-17-34(18-16-33)31(37)26-20-29(24-7-6-8-25(19-24)38-3)35(22(26)2)28-10-5-4-9-27(28)32/h4-14,19-20H,15-18H2,1-3H3. The molecule has 4 aromatic rings. The fourth-order valence-electron chi connectivity index (χ4n) is 4.92. The summed E-state index contributed by atoms with van der Waals surface area (Å²) in [7, 11) is 1.60. The van der Waals surface area contributed by atoms with Crippen LogP contribution in [0.5, 0.6) is 5.75 Å². The second-order valence-electron chi connectivity index (χ2n) is 9.50. The van der Waals surface area contributed by atoms with Crippen LogP contribution < -0.4 is 4.74 Å². The van der Waals surface area contributed by atoms with Gasteiger partial charge in [-0.1, -0.05) is 42.0 Å². The zero-order chi connectivity index (χ0) is 26.8. The van der Waals surface area contributed by atoms with Crippen LogP contribution in [0.4, 0.5) is 4.39 Å². The summed E-state index contributed by atoms with van der Waals surface area (Å²) in [5, 5.41) is 0. The summed E-state index contributed by atoms with van der Waals surface area (Å²) >= 11 is 0. The Balaban J connectivity index is 1.44. The summed E-state index contributed by atoms with van der Waals surface area (Å²) in [5.74, 6) is 0.129. The Hall–Kier alpha value is -4.39. The quantitative estimate of drug-likeness (QED) is 0.355. The van der Waals surface area contributed by atoms with Gasteiger partial charge in [0, 0.05) is 43.0 Å². The van der Waals surface area contributed by atoms with Gasteiger partial charge in [0.1, 0.15) is 11.6 Å². The van der Waals surface area contributed by atoms with Crippen LogP contribution in [0, 0.1) is 19.7 Å². The number of piperazine rings is 1. The molecule has 1 aromatic heterocycles. The number of carbonyl (C=O) groups is 2. The molecule has 1 aliphatic rings. The lowest BCUT2D eigenvalue weighted by Crippen LogP contribution is -2.50. The number of aromatic nitrogens is 1. The van der Waals surface area contributed by atoms with Crippen molar-refractivity contribution in [2.75, 3.05) is 33.3 Å². The van der Waals surface area contributed by atoms with Gasteiger partial charge in [-0.15, -0.1) is 0 Å². The highest BCUT2D eigenvalue weighted by Crippen LogP contribution is 2.33. The number of carbonyl (C=O) groups excluding carboxylic acids is 2. The minimum Gasteiger partial charge on any atom is -0.497 e. The Morgan fingerprint density at radius 3 is 2.11 bits per heavy atom. The molecule has 1 aliphatic heterocycles. The largest absolute Gasteiger partial charge is 0.497 e. The number of hydrogen-bond acceptors (Lipinski definition) is 3. The maximum atomic E-state index is 15.0. The summed E-state index contributed by atoms with van der Waals surface area (Å²) in [6.07, 6.45) is 0. The molecule has 194 valence electrons. The van der Waals surface area contributed by atoms with Crippen LogP contribution in [0.3, 0.4) is 0 Å². The topological polar surface area (TPSA) is 54.8 Å². The predicted octanol–water partition coefficient (Wildman–Crippen LogP) is 5.51. The molecule has 0 atom stereocenters. The predicted molar refractivity (Wildman–Crippen MR) is 145 cm³/mol. The van der Waals surface area contributed by atoms with Gasteiger partial charge in [-0.25, -0.2) is 4.39 Å². The third-order valence-corrected chi connectivity index (χ3v) is 7.09. The van der Waals surface area contributed by atoms with Crippen molar-refractivity contribution in [2.24, 2.45) is 0 Å². The van der Waals surface area contributed by atoms with Gasteiger partial charge in [-0.2, -0.15) is 0 Å². The zero-order valence-electron chi connectivity index (χ0n) is 21.8. The van der Waals surface area contributed by atoms with Gasteiger partial charge >= 0.3 is 0 Å². The van der Waals surface area contributed by atoms with Crippen LogP contribution in [0.15, 0.2) is 78.9 Å². The summed E-state index contributed by atoms with van der Waals surface area (Å²) in [4.78, 5) is 30.2. The first-order valence-corrected chi connectivity index (χ1v) is 12.6. The lowest BCUT2D eigenvalue weighted by atomic mass is 10.1. The van der Waals surface area contributed by atoms with Crippen LogP contribution in [-0.4, -0.2) is 59.5 Å². The molecule has 38 heavy (non-hydrogen) atoms. The van der Waals surface area contributed by atoms with Gasteiger partial charge in [0.15, 0.2) is 0 Å². The number of hydrogen-bond donors (Lipinski definition) is 0. The molecule has 0 bridgehead atoms. The van der Waals surface area contributed by atoms with E-state index in [9.17, 15) is 14.0 Å². The lowest BCUT2D eigenvalue weighted by Gasteiger charge is -2.35. The Labute approximate surface area is 221 Å². The molecule has 0 aliphatic carbocycles. The van der Waals surface area contributed by atoms with Gasteiger partial charge in [0.05, 0.1) is 24.1 Å². The third-order valence-electron chi connectivity index (χ3n) is 7.09. The number of rotatable bonds is 5. The third kappa shape index (κ3) is 4.79. The second kappa shape index (κ2) is 10.5. The number of nitrogens with zero attached hydrogens (tertiary/aromatic N) is 3. The Bertz CT molecular complexity index is 1480. The maximum absolute atomic E-state index is 15.0. The molecule has 7 heteroatoms.